The second-order valence-corrected chi connectivity index (χ2v) is 6.69. The number of hydrogen-bond acceptors (Lipinski definition) is 4. The van der Waals surface area contributed by atoms with Crippen molar-refractivity contribution in [1.82, 2.24) is 5.32 Å². The molecular weight excluding hydrogens is 354 g/mol. The first-order valence-corrected chi connectivity index (χ1v) is 8.25. The number of amides is 2. The van der Waals surface area contributed by atoms with Gasteiger partial charge in [0.15, 0.2) is 5.76 Å². The zero-order valence-corrected chi connectivity index (χ0v) is 16.3. The lowest BCUT2D eigenvalue weighted by Crippen LogP contribution is -2.55. The van der Waals surface area contributed by atoms with Gasteiger partial charge in [0.25, 0.3) is 11.8 Å². The van der Waals surface area contributed by atoms with Crippen molar-refractivity contribution in [2.45, 2.75) is 33.2 Å². The topological polar surface area (TPSA) is 97.4 Å². The fourth-order valence-electron chi connectivity index (χ4n) is 2.25. The molecule has 0 saturated carbocycles. The van der Waals surface area contributed by atoms with E-state index in [2.05, 4.69) is 10.6 Å². The summed E-state index contributed by atoms with van der Waals surface area (Å²) in [5.41, 5.74) is 7.20. The van der Waals surface area contributed by atoms with E-state index in [1.54, 1.807) is 30.3 Å². The molecule has 7 heteroatoms. The number of hydrogen-bond donors (Lipinski definition) is 3. The number of anilines is 1. The first-order chi connectivity index (χ1) is 11.8. The fourth-order valence-corrected chi connectivity index (χ4v) is 2.25. The van der Waals surface area contributed by atoms with Crippen molar-refractivity contribution in [3.63, 3.8) is 0 Å². The molecule has 1 unspecified atom stereocenters. The third-order valence-electron chi connectivity index (χ3n) is 4.59. The highest BCUT2D eigenvalue weighted by Gasteiger charge is 2.29. The minimum atomic E-state index is -0.500. The van der Waals surface area contributed by atoms with Crippen molar-refractivity contribution in [3.8, 4) is 0 Å². The van der Waals surface area contributed by atoms with Gasteiger partial charge in [-0.1, -0.05) is 19.9 Å². The molecular formula is C19H26ClN3O3. The maximum Gasteiger partial charge on any atom is 0.291 e. The summed E-state index contributed by atoms with van der Waals surface area (Å²) >= 11 is 0. The van der Waals surface area contributed by atoms with E-state index >= 15 is 0 Å². The fraction of sp³-hybridized carbons (Fsp3) is 0.368. The second-order valence-electron chi connectivity index (χ2n) is 6.69. The number of rotatable bonds is 6. The monoisotopic (exact) mass is 379 g/mol. The molecule has 2 amide bonds. The van der Waals surface area contributed by atoms with Crippen LogP contribution >= 0.6 is 12.4 Å². The van der Waals surface area contributed by atoms with Crippen molar-refractivity contribution >= 4 is 29.9 Å². The van der Waals surface area contributed by atoms with Gasteiger partial charge in [0.2, 0.25) is 0 Å². The van der Waals surface area contributed by atoms with Crippen LogP contribution in [-0.2, 0) is 0 Å². The Balaban J connectivity index is 0.00000338. The Hall–Kier alpha value is -2.31. The molecule has 0 radical (unpaired) electrons. The maximum atomic E-state index is 12.6. The van der Waals surface area contributed by atoms with E-state index in [0.717, 1.165) is 5.56 Å². The van der Waals surface area contributed by atoms with E-state index in [1.165, 1.54) is 6.26 Å². The Morgan fingerprint density at radius 1 is 1.23 bits per heavy atom. The van der Waals surface area contributed by atoms with E-state index in [-0.39, 0.29) is 35.9 Å². The summed E-state index contributed by atoms with van der Waals surface area (Å²) < 4.78 is 5.09. The SMILES string of the molecule is Cc1ccc(C(=O)NC(C)(CN)C(C)C)cc1NC(=O)c1ccco1.Cl. The molecule has 26 heavy (non-hydrogen) atoms. The molecule has 1 aromatic heterocycles. The Morgan fingerprint density at radius 3 is 2.46 bits per heavy atom. The smallest absolute Gasteiger partial charge is 0.291 e. The largest absolute Gasteiger partial charge is 0.459 e. The number of nitrogens with two attached hydrogens (primary N) is 1. The van der Waals surface area contributed by atoms with Crippen LogP contribution in [0.2, 0.25) is 0 Å². The molecule has 6 nitrogen and oxygen atoms in total. The van der Waals surface area contributed by atoms with Crippen LogP contribution < -0.4 is 16.4 Å². The Bertz CT molecular complexity index is 759. The van der Waals surface area contributed by atoms with Gasteiger partial charge in [-0.25, -0.2) is 0 Å². The van der Waals surface area contributed by atoms with E-state index in [1.807, 2.05) is 27.7 Å². The van der Waals surface area contributed by atoms with Crippen molar-refractivity contribution in [3.05, 3.63) is 53.5 Å². The van der Waals surface area contributed by atoms with Crippen LogP contribution in [-0.4, -0.2) is 23.9 Å². The van der Waals surface area contributed by atoms with Crippen LogP contribution in [0.15, 0.2) is 41.0 Å². The van der Waals surface area contributed by atoms with Gasteiger partial charge < -0.3 is 20.8 Å². The molecule has 142 valence electrons. The summed E-state index contributed by atoms with van der Waals surface area (Å²) in [7, 11) is 0. The van der Waals surface area contributed by atoms with Gasteiger partial charge in [0.1, 0.15) is 0 Å². The highest BCUT2D eigenvalue weighted by Crippen LogP contribution is 2.20. The van der Waals surface area contributed by atoms with Gasteiger partial charge in [-0.05, 0) is 49.6 Å². The number of benzene rings is 1. The quantitative estimate of drug-likeness (QED) is 0.716. The molecule has 0 fully saturated rings. The average molecular weight is 380 g/mol. The molecule has 2 rings (SSSR count). The van der Waals surface area contributed by atoms with Crippen molar-refractivity contribution in [2.24, 2.45) is 11.7 Å². The van der Waals surface area contributed by atoms with Crippen molar-refractivity contribution in [2.75, 3.05) is 11.9 Å². The van der Waals surface area contributed by atoms with Crippen LogP contribution in [0.3, 0.4) is 0 Å². The standard InChI is InChI=1S/C19H25N3O3.ClH/c1-12(2)19(4,11-20)22-17(23)14-8-7-13(3)15(10-14)21-18(24)16-6-5-9-25-16;/h5-10,12H,11,20H2,1-4H3,(H,21,24)(H,22,23);1H. The molecule has 0 aliphatic carbocycles. The van der Waals surface area contributed by atoms with Crippen LogP contribution in [0.1, 0.15) is 47.2 Å². The van der Waals surface area contributed by atoms with E-state index in [4.69, 9.17) is 10.2 Å². The van der Waals surface area contributed by atoms with E-state index in [0.29, 0.717) is 17.8 Å². The third-order valence-corrected chi connectivity index (χ3v) is 4.59. The summed E-state index contributed by atoms with van der Waals surface area (Å²) in [4.78, 5) is 24.8. The number of furan rings is 1. The minimum absolute atomic E-state index is 0. The van der Waals surface area contributed by atoms with Gasteiger partial charge >= 0.3 is 0 Å². The molecule has 2 aromatic rings. The van der Waals surface area contributed by atoms with Gasteiger partial charge in [-0.15, -0.1) is 12.4 Å². The first kappa shape index (κ1) is 21.7. The van der Waals surface area contributed by atoms with Crippen LogP contribution in [0, 0.1) is 12.8 Å². The lowest BCUT2D eigenvalue weighted by molar-refractivity contribution is 0.0882. The molecule has 0 saturated heterocycles. The molecule has 1 atom stereocenters. The first-order valence-electron chi connectivity index (χ1n) is 8.25. The number of carbonyl (C=O) groups excluding carboxylic acids is 2. The summed E-state index contributed by atoms with van der Waals surface area (Å²) in [6, 6.07) is 8.40. The predicted octanol–water partition coefficient (Wildman–Crippen LogP) is 3.37. The Labute approximate surface area is 159 Å². The highest BCUT2D eigenvalue weighted by molar-refractivity contribution is 6.04. The molecule has 0 aliphatic heterocycles. The lowest BCUT2D eigenvalue weighted by atomic mass is 9.88. The van der Waals surface area contributed by atoms with E-state index < -0.39 is 5.54 Å². The lowest BCUT2D eigenvalue weighted by Gasteiger charge is -2.33. The average Bonchev–Trinajstić information content (AvgIpc) is 3.11. The maximum absolute atomic E-state index is 12.6. The Kier molecular flexibility index (Phi) is 7.41. The summed E-state index contributed by atoms with van der Waals surface area (Å²) in [6.45, 7) is 8.14. The molecule has 0 spiro atoms. The van der Waals surface area contributed by atoms with Crippen LogP contribution in [0.25, 0.3) is 0 Å². The summed E-state index contributed by atoms with van der Waals surface area (Å²) in [6.07, 6.45) is 1.44. The normalized spacial score (nSPS) is 12.8. The molecule has 1 aromatic carbocycles. The number of aryl methyl sites for hydroxylation is 1. The highest BCUT2D eigenvalue weighted by atomic mass is 35.5. The predicted molar refractivity (Wildman–Crippen MR) is 105 cm³/mol. The van der Waals surface area contributed by atoms with Gasteiger partial charge in [0.05, 0.1) is 11.8 Å². The van der Waals surface area contributed by atoms with Gasteiger partial charge in [-0.2, -0.15) is 0 Å². The Morgan fingerprint density at radius 2 is 1.92 bits per heavy atom. The zero-order chi connectivity index (χ0) is 18.6. The van der Waals surface area contributed by atoms with Crippen molar-refractivity contribution < 1.29 is 14.0 Å². The van der Waals surface area contributed by atoms with Gasteiger partial charge in [0, 0.05) is 17.8 Å². The molecule has 4 N–H and O–H groups in total. The molecule has 0 aliphatic rings. The minimum Gasteiger partial charge on any atom is -0.459 e. The second kappa shape index (κ2) is 8.87. The van der Waals surface area contributed by atoms with Gasteiger partial charge in [-0.3, -0.25) is 9.59 Å². The van der Waals surface area contributed by atoms with E-state index in [9.17, 15) is 9.59 Å². The summed E-state index contributed by atoms with van der Waals surface area (Å²) in [5, 5.41) is 5.76. The van der Waals surface area contributed by atoms with Crippen molar-refractivity contribution in [1.29, 1.82) is 0 Å². The third kappa shape index (κ3) is 4.86. The number of carbonyl (C=O) groups is 2. The molecule has 0 bridgehead atoms. The number of nitrogens with one attached hydrogen (secondary N) is 2. The van der Waals surface area contributed by atoms with Crippen LogP contribution in [0.4, 0.5) is 5.69 Å². The van der Waals surface area contributed by atoms with Crippen LogP contribution in [0.5, 0.6) is 0 Å². The molecule has 1 heterocycles. The summed E-state index contributed by atoms with van der Waals surface area (Å²) in [5.74, 6) is -0.190. The zero-order valence-electron chi connectivity index (χ0n) is 15.5. The number of halogens is 1.